The van der Waals surface area contributed by atoms with Crippen LogP contribution in [-0.2, 0) is 9.59 Å². The quantitative estimate of drug-likeness (QED) is 0.370. The summed E-state index contributed by atoms with van der Waals surface area (Å²) in [6, 6.07) is 0. The molecule has 0 saturated heterocycles. The van der Waals surface area contributed by atoms with Gasteiger partial charge in [0.25, 0.3) is 0 Å². The van der Waals surface area contributed by atoms with Crippen LogP contribution in [0.5, 0.6) is 0 Å². The van der Waals surface area contributed by atoms with E-state index in [-0.39, 0.29) is 31.7 Å². The number of rotatable bonds is 0. The van der Waals surface area contributed by atoms with Gasteiger partial charge >= 0.3 is 38.1 Å². The molecule has 0 atom stereocenters. The summed E-state index contributed by atoms with van der Waals surface area (Å²) in [5.41, 5.74) is 0. The van der Waals surface area contributed by atoms with Crippen LogP contribution in [0.3, 0.4) is 0 Å². The third kappa shape index (κ3) is 9.24. The Kier molecular flexibility index (Phi) is 13.3. The van der Waals surface area contributed by atoms with E-state index in [2.05, 4.69) is 0 Å². The van der Waals surface area contributed by atoms with Crippen molar-refractivity contribution in [1.29, 1.82) is 0 Å². The van der Waals surface area contributed by atoms with Crippen LogP contribution >= 0.6 is 0 Å². The van der Waals surface area contributed by atoms with E-state index in [1.165, 1.54) is 0 Å². The van der Waals surface area contributed by atoms with Gasteiger partial charge in [-0.1, -0.05) is 0 Å². The van der Waals surface area contributed by atoms with Gasteiger partial charge in [0.05, 0.1) is 0 Å². The first-order valence-electron chi connectivity index (χ1n) is 1.11. The topological polar surface area (TPSA) is 106 Å². The Morgan fingerprint density at radius 3 is 1.12 bits per heavy atom. The van der Waals surface area contributed by atoms with Crippen LogP contribution in [0.1, 0.15) is 0 Å². The number of carboxylic acids is 2. The van der Waals surface area contributed by atoms with E-state index in [0.29, 0.717) is 0 Å². The molecule has 0 aliphatic heterocycles. The molecular formula is C2H7BiO5. The van der Waals surface area contributed by atoms with Gasteiger partial charge in [-0.15, -0.1) is 0 Å². The second kappa shape index (κ2) is 6.78. The summed E-state index contributed by atoms with van der Waals surface area (Å²) in [4.78, 5) is 18.2. The first-order chi connectivity index (χ1) is 2.64. The van der Waals surface area contributed by atoms with E-state index in [1.54, 1.807) is 0 Å². The molecule has 8 heavy (non-hydrogen) atoms. The average molecular weight is 320 g/mol. The molecule has 0 bridgehead atoms. The van der Waals surface area contributed by atoms with Gasteiger partial charge < -0.3 is 15.7 Å². The first kappa shape index (κ1) is 15.7. The fourth-order valence-corrected chi connectivity index (χ4v) is 0. The first-order valence-corrected chi connectivity index (χ1v) is 1.11. The Morgan fingerprint density at radius 1 is 1.00 bits per heavy atom. The molecule has 50 valence electrons. The van der Waals surface area contributed by atoms with Crippen LogP contribution in [0.25, 0.3) is 0 Å². The number of aliphatic carboxylic acids is 2. The van der Waals surface area contributed by atoms with E-state index < -0.39 is 11.9 Å². The van der Waals surface area contributed by atoms with Gasteiger partial charge in [0.2, 0.25) is 0 Å². The summed E-state index contributed by atoms with van der Waals surface area (Å²) >= 11 is 0. The maximum absolute atomic E-state index is 9.10. The summed E-state index contributed by atoms with van der Waals surface area (Å²) in [5, 5.41) is 14.8. The molecule has 0 rings (SSSR count). The Morgan fingerprint density at radius 2 is 1.12 bits per heavy atom. The van der Waals surface area contributed by atoms with Crippen molar-refractivity contribution < 1.29 is 25.3 Å². The molecular weight excluding hydrogens is 313 g/mol. The molecule has 0 aromatic heterocycles. The minimum atomic E-state index is -1.82. The SMILES string of the molecule is O.O=C(O)C(=O)O.[BiH3]. The molecule has 0 amide bonds. The summed E-state index contributed by atoms with van der Waals surface area (Å²) in [5.74, 6) is -3.65. The normalized spacial score (nSPS) is 5.50. The van der Waals surface area contributed by atoms with Crippen molar-refractivity contribution in [3.05, 3.63) is 0 Å². The monoisotopic (exact) mass is 320 g/mol. The van der Waals surface area contributed by atoms with Crippen LogP contribution in [0, 0.1) is 0 Å². The third-order valence-electron chi connectivity index (χ3n) is 0.183. The molecule has 0 fully saturated rings. The molecule has 5 nitrogen and oxygen atoms in total. The molecule has 0 aromatic carbocycles. The zero-order valence-corrected chi connectivity index (χ0v) is 9.42. The zero-order chi connectivity index (χ0) is 5.15. The second-order valence-corrected chi connectivity index (χ2v) is 0.610. The Balaban J connectivity index is -0.000000125. The van der Waals surface area contributed by atoms with Crippen molar-refractivity contribution >= 4 is 38.1 Å². The van der Waals surface area contributed by atoms with Crippen LogP contribution in [0.4, 0.5) is 0 Å². The Bertz CT molecular complexity index is 76.4. The number of carboxylic acid groups (broad SMARTS) is 2. The molecule has 0 heterocycles. The van der Waals surface area contributed by atoms with E-state index in [9.17, 15) is 0 Å². The zero-order valence-electron chi connectivity index (χ0n) is 3.92. The number of hydrogen-bond acceptors (Lipinski definition) is 2. The molecule has 0 radical (unpaired) electrons. The molecule has 0 unspecified atom stereocenters. The van der Waals surface area contributed by atoms with E-state index >= 15 is 0 Å². The fraction of sp³-hybridized carbons (Fsp3) is 0. The van der Waals surface area contributed by atoms with Crippen molar-refractivity contribution in [3.8, 4) is 0 Å². The van der Waals surface area contributed by atoms with Gasteiger partial charge in [-0.05, 0) is 0 Å². The standard InChI is InChI=1S/C2H2O4.Bi.H2O.3H/c3-1(4)2(5)6;;;;;/h(H,3,4)(H,5,6);;1H2;;;. The van der Waals surface area contributed by atoms with Gasteiger partial charge in [0.15, 0.2) is 0 Å². The van der Waals surface area contributed by atoms with Crippen molar-refractivity contribution in [1.82, 2.24) is 0 Å². The molecule has 4 N–H and O–H groups in total. The average Bonchev–Trinajstić information content (AvgIpc) is 1.36. The molecule has 0 aliphatic rings. The van der Waals surface area contributed by atoms with Crippen LogP contribution < -0.4 is 0 Å². The van der Waals surface area contributed by atoms with E-state index in [1.807, 2.05) is 0 Å². The maximum atomic E-state index is 9.10. The molecule has 6 heteroatoms. The van der Waals surface area contributed by atoms with Gasteiger partial charge in [0.1, 0.15) is 0 Å². The van der Waals surface area contributed by atoms with E-state index in [4.69, 9.17) is 19.8 Å². The third-order valence-corrected chi connectivity index (χ3v) is 0.183. The van der Waals surface area contributed by atoms with Crippen LogP contribution in [0.2, 0.25) is 0 Å². The predicted molar refractivity (Wildman–Crippen MR) is 28.8 cm³/mol. The van der Waals surface area contributed by atoms with Crippen LogP contribution in [0.15, 0.2) is 0 Å². The van der Waals surface area contributed by atoms with Gasteiger partial charge in [-0.3, -0.25) is 0 Å². The molecule has 0 saturated carbocycles. The number of hydrogen-bond donors (Lipinski definition) is 2. The van der Waals surface area contributed by atoms with Crippen molar-refractivity contribution in [2.45, 2.75) is 0 Å². The second-order valence-electron chi connectivity index (χ2n) is 0.610. The van der Waals surface area contributed by atoms with E-state index in [0.717, 1.165) is 0 Å². The Hall–Kier alpha value is -0.217. The summed E-state index contributed by atoms with van der Waals surface area (Å²) in [6.45, 7) is 0. The van der Waals surface area contributed by atoms with Crippen LogP contribution in [-0.4, -0.2) is 53.8 Å². The summed E-state index contributed by atoms with van der Waals surface area (Å²) in [7, 11) is 0. The minimum absolute atomic E-state index is 0. The van der Waals surface area contributed by atoms with Crippen molar-refractivity contribution in [2.24, 2.45) is 0 Å². The summed E-state index contributed by atoms with van der Waals surface area (Å²) in [6.07, 6.45) is 0. The number of carbonyl (C=O) groups is 2. The molecule has 0 spiro atoms. The van der Waals surface area contributed by atoms with Gasteiger partial charge in [-0.2, -0.15) is 0 Å². The summed E-state index contributed by atoms with van der Waals surface area (Å²) < 4.78 is 0. The van der Waals surface area contributed by atoms with Gasteiger partial charge in [-0.25, -0.2) is 9.59 Å². The predicted octanol–water partition coefficient (Wildman–Crippen LogP) is -2.85. The molecule has 0 aliphatic carbocycles. The molecule has 0 aromatic rings. The van der Waals surface area contributed by atoms with Gasteiger partial charge in [0, 0.05) is 0 Å². The Labute approximate surface area is 63.7 Å². The fourth-order valence-electron chi connectivity index (χ4n) is 0. The van der Waals surface area contributed by atoms with Crippen molar-refractivity contribution in [3.63, 3.8) is 0 Å². The van der Waals surface area contributed by atoms with Crippen molar-refractivity contribution in [2.75, 3.05) is 0 Å².